The molecule has 0 radical (unpaired) electrons. The van der Waals surface area contributed by atoms with Crippen LogP contribution in [0.4, 0.5) is 5.69 Å². The Kier molecular flexibility index (Phi) is 4.65. The molecule has 2 aliphatic heterocycles. The van der Waals surface area contributed by atoms with Crippen molar-refractivity contribution in [2.75, 3.05) is 24.5 Å². The topological polar surface area (TPSA) is 36.4 Å². The van der Waals surface area contributed by atoms with E-state index in [1.165, 1.54) is 15.3 Å². The molecule has 0 saturated carbocycles. The highest BCUT2D eigenvalue weighted by atomic mass is 32.1. The lowest BCUT2D eigenvalue weighted by Crippen LogP contribution is -2.49. The highest BCUT2D eigenvalue weighted by Gasteiger charge is 2.34. The summed E-state index contributed by atoms with van der Waals surface area (Å²) in [5, 5.41) is 1.22. The minimum absolute atomic E-state index is 0.0941. The predicted octanol–water partition coefficient (Wildman–Crippen LogP) is 4.45. The number of thiazole rings is 1. The first kappa shape index (κ1) is 17.8. The Hall–Kier alpha value is -2.24. The number of amides is 1. The number of piperidine rings is 1. The number of nitrogens with zero attached hydrogens (tertiary/aromatic N) is 3. The molecule has 2 atom stereocenters. The maximum atomic E-state index is 13.3. The first-order valence-corrected chi connectivity index (χ1v) is 11.0. The minimum atomic E-state index is -0.0941. The number of hydrogen-bond donors (Lipinski definition) is 0. The maximum Gasteiger partial charge on any atom is 0.244 e. The fourth-order valence-corrected chi connectivity index (χ4v) is 5.67. The highest BCUT2D eigenvalue weighted by Crippen LogP contribution is 2.34. The number of fused-ring (bicyclic) bond motifs is 2. The zero-order valence-electron chi connectivity index (χ0n) is 16.2. The van der Waals surface area contributed by atoms with Crippen LogP contribution in [-0.4, -0.2) is 41.5 Å². The molecule has 2 aliphatic rings. The van der Waals surface area contributed by atoms with E-state index < -0.39 is 0 Å². The fraction of sp³-hybridized carbons (Fsp3) is 0.391. The van der Waals surface area contributed by atoms with Gasteiger partial charge >= 0.3 is 0 Å². The summed E-state index contributed by atoms with van der Waals surface area (Å²) in [6.45, 7) is 4.79. The second-order valence-corrected chi connectivity index (χ2v) is 8.96. The number of para-hydroxylation sites is 2. The Balaban J connectivity index is 1.32. The number of aromatic nitrogens is 1. The normalized spacial score (nSPS) is 21.0. The first-order valence-electron chi connectivity index (χ1n) is 10.2. The molecular formula is C23H25N3OS. The van der Waals surface area contributed by atoms with Crippen LogP contribution < -0.4 is 4.90 Å². The molecule has 1 fully saturated rings. The second-order valence-electron chi connectivity index (χ2n) is 7.90. The lowest BCUT2D eigenvalue weighted by molar-refractivity contribution is -0.123. The lowest BCUT2D eigenvalue weighted by atomic mass is 9.97. The van der Waals surface area contributed by atoms with Crippen molar-refractivity contribution < 1.29 is 4.79 Å². The van der Waals surface area contributed by atoms with E-state index in [-0.39, 0.29) is 11.9 Å². The molecular weight excluding hydrogens is 366 g/mol. The van der Waals surface area contributed by atoms with E-state index in [1.54, 1.807) is 0 Å². The van der Waals surface area contributed by atoms with Crippen molar-refractivity contribution in [2.45, 2.75) is 38.1 Å². The van der Waals surface area contributed by atoms with Gasteiger partial charge in [0.15, 0.2) is 0 Å². The van der Waals surface area contributed by atoms with E-state index >= 15 is 0 Å². The van der Waals surface area contributed by atoms with Gasteiger partial charge in [-0.05, 0) is 56.5 Å². The van der Waals surface area contributed by atoms with Crippen molar-refractivity contribution >= 4 is 33.1 Å². The Bertz CT molecular complexity index is 981. The molecule has 0 bridgehead atoms. The molecule has 4 nitrogen and oxygen atoms in total. The lowest BCUT2D eigenvalue weighted by Gasteiger charge is -2.37. The summed E-state index contributed by atoms with van der Waals surface area (Å²) in [6.07, 6.45) is 3.24. The fourth-order valence-electron chi connectivity index (χ4n) is 4.57. The molecule has 2 aromatic carbocycles. The molecule has 5 heteroatoms. The number of likely N-dealkylation sites (tertiary alicyclic amines) is 1. The third kappa shape index (κ3) is 3.12. The largest absolute Gasteiger partial charge is 0.310 e. The molecule has 28 heavy (non-hydrogen) atoms. The van der Waals surface area contributed by atoms with E-state index in [0.717, 1.165) is 50.1 Å². The number of carbonyl (C=O) groups is 1. The van der Waals surface area contributed by atoms with E-state index in [1.807, 2.05) is 28.4 Å². The Labute approximate surface area is 169 Å². The number of benzene rings is 2. The monoisotopic (exact) mass is 391 g/mol. The van der Waals surface area contributed by atoms with Gasteiger partial charge in [0.25, 0.3) is 0 Å². The molecule has 0 spiro atoms. The molecule has 1 amide bonds. The summed E-state index contributed by atoms with van der Waals surface area (Å²) >= 11 is 1.81. The van der Waals surface area contributed by atoms with E-state index in [0.29, 0.717) is 5.92 Å². The van der Waals surface area contributed by atoms with Gasteiger partial charge in [-0.15, -0.1) is 11.3 Å². The van der Waals surface area contributed by atoms with Crippen LogP contribution in [0.1, 0.15) is 36.3 Å². The van der Waals surface area contributed by atoms with Gasteiger partial charge in [0, 0.05) is 24.7 Å². The van der Waals surface area contributed by atoms with Gasteiger partial charge in [0.05, 0.1) is 21.3 Å². The molecule has 5 rings (SSSR count). The quantitative estimate of drug-likeness (QED) is 0.662. The van der Waals surface area contributed by atoms with Crippen molar-refractivity contribution in [1.29, 1.82) is 0 Å². The van der Waals surface area contributed by atoms with Gasteiger partial charge in [0.2, 0.25) is 5.91 Å². The number of hydrogen-bond acceptors (Lipinski definition) is 4. The number of rotatable bonds is 3. The molecule has 144 valence electrons. The summed E-state index contributed by atoms with van der Waals surface area (Å²) < 4.78 is 1.26. The predicted molar refractivity (Wildman–Crippen MR) is 115 cm³/mol. The third-order valence-corrected chi connectivity index (χ3v) is 7.37. The van der Waals surface area contributed by atoms with Crippen LogP contribution in [0.2, 0.25) is 0 Å². The Morgan fingerprint density at radius 3 is 2.86 bits per heavy atom. The molecule has 1 saturated heterocycles. The van der Waals surface area contributed by atoms with Crippen LogP contribution in [0.25, 0.3) is 10.2 Å². The SMILES string of the molecule is C[C@H](C(=O)N1CCc2ccccc21)N1CCC[C@@H](c2nc3ccccc3s2)C1. The standard InChI is InChI=1S/C23H25N3OS/c1-16(23(27)26-14-12-17-7-2-4-10-20(17)26)25-13-6-8-18(15-25)22-24-19-9-3-5-11-21(19)28-22/h2-5,7,9-11,16,18H,6,8,12-15H2,1H3/t16-,18-/m1/s1. The van der Waals surface area contributed by atoms with E-state index in [9.17, 15) is 4.79 Å². The van der Waals surface area contributed by atoms with Gasteiger partial charge < -0.3 is 4.90 Å². The van der Waals surface area contributed by atoms with Crippen LogP contribution in [0.5, 0.6) is 0 Å². The van der Waals surface area contributed by atoms with Crippen LogP contribution in [0, 0.1) is 0 Å². The average molecular weight is 392 g/mol. The summed E-state index contributed by atoms with van der Waals surface area (Å²) in [7, 11) is 0. The van der Waals surface area contributed by atoms with Gasteiger partial charge in [-0.25, -0.2) is 4.98 Å². The van der Waals surface area contributed by atoms with Gasteiger partial charge in [-0.1, -0.05) is 30.3 Å². The summed E-state index contributed by atoms with van der Waals surface area (Å²) in [5.74, 6) is 0.655. The highest BCUT2D eigenvalue weighted by molar-refractivity contribution is 7.18. The van der Waals surface area contributed by atoms with Crippen molar-refractivity contribution in [2.24, 2.45) is 0 Å². The van der Waals surface area contributed by atoms with Crippen LogP contribution in [0.3, 0.4) is 0 Å². The minimum Gasteiger partial charge on any atom is -0.310 e. The average Bonchev–Trinajstić information content (AvgIpc) is 3.37. The second kappa shape index (κ2) is 7.30. The van der Waals surface area contributed by atoms with Crippen LogP contribution >= 0.6 is 11.3 Å². The van der Waals surface area contributed by atoms with Crippen molar-refractivity contribution in [3.8, 4) is 0 Å². The van der Waals surface area contributed by atoms with Crippen LogP contribution in [0.15, 0.2) is 48.5 Å². The van der Waals surface area contributed by atoms with Crippen molar-refractivity contribution in [1.82, 2.24) is 9.88 Å². The smallest absolute Gasteiger partial charge is 0.244 e. The zero-order chi connectivity index (χ0) is 19.1. The number of carbonyl (C=O) groups excluding carboxylic acids is 1. The Morgan fingerprint density at radius 1 is 1.14 bits per heavy atom. The summed E-state index contributed by atoms with van der Waals surface area (Å²) in [4.78, 5) is 22.5. The zero-order valence-corrected chi connectivity index (χ0v) is 17.0. The van der Waals surface area contributed by atoms with E-state index in [4.69, 9.17) is 4.98 Å². The van der Waals surface area contributed by atoms with Gasteiger partial charge in [0.1, 0.15) is 0 Å². The van der Waals surface area contributed by atoms with Crippen LogP contribution in [-0.2, 0) is 11.2 Å². The van der Waals surface area contributed by atoms with E-state index in [2.05, 4.69) is 48.2 Å². The molecule has 3 heterocycles. The molecule has 0 N–H and O–H groups in total. The summed E-state index contributed by atoms with van der Waals surface area (Å²) in [6, 6.07) is 16.6. The van der Waals surface area contributed by atoms with Gasteiger partial charge in [-0.3, -0.25) is 9.69 Å². The molecule has 0 aliphatic carbocycles. The maximum absolute atomic E-state index is 13.3. The van der Waals surface area contributed by atoms with Crippen molar-refractivity contribution in [3.05, 3.63) is 59.1 Å². The summed E-state index contributed by atoms with van der Waals surface area (Å²) in [5.41, 5.74) is 3.48. The molecule has 0 unspecified atom stereocenters. The van der Waals surface area contributed by atoms with Gasteiger partial charge in [-0.2, -0.15) is 0 Å². The molecule has 3 aromatic rings. The third-order valence-electron chi connectivity index (χ3n) is 6.17. The molecule has 1 aromatic heterocycles. The first-order chi connectivity index (χ1) is 13.7. The Morgan fingerprint density at radius 2 is 1.96 bits per heavy atom. The van der Waals surface area contributed by atoms with Crippen molar-refractivity contribution in [3.63, 3.8) is 0 Å². The number of anilines is 1.